The van der Waals surface area contributed by atoms with Crippen LogP contribution in [0.15, 0.2) is 36.4 Å². The first kappa shape index (κ1) is 19.2. The third-order valence-corrected chi connectivity index (χ3v) is 4.00. The van der Waals surface area contributed by atoms with Gasteiger partial charge in [-0.1, -0.05) is 12.1 Å². The molecule has 0 saturated carbocycles. The SMILES string of the molecule is COc1ccc(-c2cc(C[C@H](O)CO)ccc2O)cc1C[C@H](O)CO. The van der Waals surface area contributed by atoms with E-state index in [2.05, 4.69) is 0 Å². The molecule has 2 atom stereocenters. The zero-order chi connectivity index (χ0) is 18.4. The van der Waals surface area contributed by atoms with E-state index in [1.54, 1.807) is 36.4 Å². The maximum Gasteiger partial charge on any atom is 0.123 e. The van der Waals surface area contributed by atoms with Gasteiger partial charge in [-0.3, -0.25) is 0 Å². The lowest BCUT2D eigenvalue weighted by atomic mass is 9.96. The highest BCUT2D eigenvalue weighted by atomic mass is 16.5. The lowest BCUT2D eigenvalue weighted by Gasteiger charge is -2.15. The van der Waals surface area contributed by atoms with E-state index < -0.39 is 12.2 Å². The van der Waals surface area contributed by atoms with Crippen LogP contribution < -0.4 is 4.74 Å². The Morgan fingerprint density at radius 3 is 2.24 bits per heavy atom. The number of phenols is 1. The van der Waals surface area contributed by atoms with Gasteiger partial charge in [-0.2, -0.15) is 0 Å². The van der Waals surface area contributed by atoms with Crippen molar-refractivity contribution < 1.29 is 30.3 Å². The van der Waals surface area contributed by atoms with Gasteiger partial charge in [0.2, 0.25) is 0 Å². The number of rotatable bonds is 8. The van der Waals surface area contributed by atoms with Gasteiger partial charge in [-0.05, 0) is 41.0 Å². The molecule has 0 aliphatic carbocycles. The summed E-state index contributed by atoms with van der Waals surface area (Å²) in [5, 5.41) is 47.5. The monoisotopic (exact) mass is 348 g/mol. The molecule has 0 spiro atoms. The highest BCUT2D eigenvalue weighted by molar-refractivity contribution is 5.72. The fourth-order valence-electron chi connectivity index (χ4n) is 2.70. The van der Waals surface area contributed by atoms with Gasteiger partial charge >= 0.3 is 0 Å². The topological polar surface area (TPSA) is 110 Å². The minimum absolute atomic E-state index is 0.0843. The summed E-state index contributed by atoms with van der Waals surface area (Å²) in [5.74, 6) is 0.670. The van der Waals surface area contributed by atoms with E-state index in [0.29, 0.717) is 16.9 Å². The number of hydrogen-bond acceptors (Lipinski definition) is 6. The Balaban J connectivity index is 2.40. The van der Waals surface area contributed by atoms with Crippen molar-refractivity contribution in [2.75, 3.05) is 20.3 Å². The van der Waals surface area contributed by atoms with Crippen LogP contribution in [0.1, 0.15) is 11.1 Å². The Bertz CT molecular complexity index is 700. The van der Waals surface area contributed by atoms with E-state index in [1.807, 2.05) is 0 Å². The number of hydrogen-bond donors (Lipinski definition) is 5. The Morgan fingerprint density at radius 2 is 1.60 bits per heavy atom. The van der Waals surface area contributed by atoms with Crippen molar-refractivity contribution in [1.82, 2.24) is 0 Å². The molecule has 0 fully saturated rings. The summed E-state index contributed by atoms with van der Waals surface area (Å²) in [6, 6.07) is 10.3. The van der Waals surface area contributed by atoms with Crippen molar-refractivity contribution in [1.29, 1.82) is 0 Å². The molecule has 0 amide bonds. The van der Waals surface area contributed by atoms with Gasteiger partial charge in [0.05, 0.1) is 32.5 Å². The molecule has 0 aliphatic heterocycles. The Labute approximate surface area is 146 Å². The van der Waals surface area contributed by atoms with Gasteiger partial charge in [0.15, 0.2) is 0 Å². The normalized spacial score (nSPS) is 13.5. The first-order chi connectivity index (χ1) is 12.0. The summed E-state index contributed by atoms with van der Waals surface area (Å²) in [7, 11) is 1.53. The van der Waals surface area contributed by atoms with Crippen molar-refractivity contribution in [3.05, 3.63) is 47.5 Å². The van der Waals surface area contributed by atoms with Crippen LogP contribution in [-0.2, 0) is 12.8 Å². The minimum atomic E-state index is -0.899. The van der Waals surface area contributed by atoms with E-state index in [1.165, 1.54) is 7.11 Å². The van der Waals surface area contributed by atoms with Crippen molar-refractivity contribution >= 4 is 0 Å². The molecule has 0 aromatic heterocycles. The fourth-order valence-corrected chi connectivity index (χ4v) is 2.70. The number of aromatic hydroxyl groups is 1. The summed E-state index contributed by atoms with van der Waals surface area (Å²) in [4.78, 5) is 0. The van der Waals surface area contributed by atoms with Crippen molar-refractivity contribution in [3.8, 4) is 22.6 Å². The van der Waals surface area contributed by atoms with E-state index in [9.17, 15) is 15.3 Å². The van der Waals surface area contributed by atoms with Gasteiger partial charge in [0.1, 0.15) is 11.5 Å². The minimum Gasteiger partial charge on any atom is -0.507 e. The Morgan fingerprint density at radius 1 is 0.920 bits per heavy atom. The summed E-state index contributed by atoms with van der Waals surface area (Å²) in [6.45, 7) is -0.685. The number of ether oxygens (including phenoxy) is 1. The number of aliphatic hydroxyl groups excluding tert-OH is 4. The van der Waals surface area contributed by atoms with E-state index in [4.69, 9.17) is 14.9 Å². The van der Waals surface area contributed by atoms with Crippen LogP contribution in [-0.4, -0.2) is 58.1 Å². The summed E-state index contributed by atoms with van der Waals surface area (Å²) >= 11 is 0. The molecule has 0 heterocycles. The molecule has 2 aromatic rings. The van der Waals surface area contributed by atoms with Crippen molar-refractivity contribution in [2.45, 2.75) is 25.0 Å². The smallest absolute Gasteiger partial charge is 0.123 e. The summed E-state index contributed by atoms with van der Waals surface area (Å²) in [5.41, 5.74) is 2.78. The van der Waals surface area contributed by atoms with E-state index in [0.717, 1.165) is 11.1 Å². The van der Waals surface area contributed by atoms with Crippen LogP contribution in [0.4, 0.5) is 0 Å². The van der Waals surface area contributed by atoms with Gasteiger partial charge in [0, 0.05) is 18.4 Å². The maximum atomic E-state index is 10.2. The molecule has 0 unspecified atom stereocenters. The average Bonchev–Trinajstić information content (AvgIpc) is 2.63. The molecule has 0 aliphatic rings. The van der Waals surface area contributed by atoms with Gasteiger partial charge < -0.3 is 30.3 Å². The van der Waals surface area contributed by atoms with Gasteiger partial charge in [-0.25, -0.2) is 0 Å². The molecule has 0 radical (unpaired) electrons. The molecule has 6 heteroatoms. The van der Waals surface area contributed by atoms with Crippen LogP contribution in [0.5, 0.6) is 11.5 Å². The molecule has 0 bridgehead atoms. The lowest BCUT2D eigenvalue weighted by Crippen LogP contribution is -2.15. The molecule has 136 valence electrons. The quantitative estimate of drug-likeness (QED) is 0.484. The first-order valence-electron chi connectivity index (χ1n) is 8.05. The second-order valence-electron chi connectivity index (χ2n) is 5.96. The molecule has 2 aromatic carbocycles. The van der Waals surface area contributed by atoms with E-state index >= 15 is 0 Å². The molecular weight excluding hydrogens is 324 g/mol. The highest BCUT2D eigenvalue weighted by Crippen LogP contribution is 2.33. The fraction of sp³-hybridized carbons (Fsp3) is 0.368. The molecule has 6 nitrogen and oxygen atoms in total. The number of methoxy groups -OCH3 is 1. The van der Waals surface area contributed by atoms with Gasteiger partial charge in [-0.15, -0.1) is 0 Å². The van der Waals surface area contributed by atoms with Crippen LogP contribution in [0.3, 0.4) is 0 Å². The number of benzene rings is 2. The third-order valence-electron chi connectivity index (χ3n) is 4.00. The van der Waals surface area contributed by atoms with Crippen LogP contribution in [0, 0.1) is 0 Å². The Hall–Kier alpha value is -2.12. The largest absolute Gasteiger partial charge is 0.507 e. The molecule has 2 rings (SSSR count). The zero-order valence-corrected chi connectivity index (χ0v) is 14.1. The van der Waals surface area contributed by atoms with Crippen LogP contribution in [0.2, 0.25) is 0 Å². The molecule has 0 saturated heterocycles. The third kappa shape index (κ3) is 4.93. The predicted octanol–water partition coefficient (Wildman–Crippen LogP) is 0.859. The standard InChI is InChI=1S/C19H24O6/c1-25-19-5-3-13(8-14(19)9-16(23)11-21)17-7-12(2-4-18(17)24)6-15(22)10-20/h2-5,7-8,15-16,20-24H,6,9-11H2,1H3/t15-,16-/m0/s1. The van der Waals surface area contributed by atoms with Crippen molar-refractivity contribution in [2.24, 2.45) is 0 Å². The molecule has 5 N–H and O–H groups in total. The summed E-state index contributed by atoms with van der Waals surface area (Å²) in [6.07, 6.45) is -1.26. The summed E-state index contributed by atoms with van der Waals surface area (Å²) < 4.78 is 5.29. The predicted molar refractivity (Wildman–Crippen MR) is 93.7 cm³/mol. The number of aliphatic hydroxyl groups is 4. The Kier molecular flexibility index (Phi) is 6.78. The van der Waals surface area contributed by atoms with Crippen LogP contribution in [0.25, 0.3) is 11.1 Å². The highest BCUT2D eigenvalue weighted by Gasteiger charge is 2.14. The van der Waals surface area contributed by atoms with E-state index in [-0.39, 0.29) is 31.8 Å². The molecule has 25 heavy (non-hydrogen) atoms. The molecular formula is C19H24O6. The van der Waals surface area contributed by atoms with Gasteiger partial charge in [0.25, 0.3) is 0 Å². The van der Waals surface area contributed by atoms with Crippen LogP contribution >= 0.6 is 0 Å². The second-order valence-corrected chi connectivity index (χ2v) is 5.96. The van der Waals surface area contributed by atoms with Crippen molar-refractivity contribution in [3.63, 3.8) is 0 Å². The first-order valence-corrected chi connectivity index (χ1v) is 8.05. The maximum absolute atomic E-state index is 10.2. The number of phenolic OH excluding ortho intramolecular Hbond substituents is 1. The average molecular weight is 348 g/mol. The lowest BCUT2D eigenvalue weighted by molar-refractivity contribution is 0.0950. The second kappa shape index (κ2) is 8.82. The zero-order valence-electron chi connectivity index (χ0n) is 14.1.